The summed E-state index contributed by atoms with van der Waals surface area (Å²) in [5.74, 6) is -0.0383. The second kappa shape index (κ2) is 10.4. The van der Waals surface area contributed by atoms with E-state index in [2.05, 4.69) is 10.2 Å². The molecule has 4 rings (SSSR count). The van der Waals surface area contributed by atoms with Crippen LogP contribution in [0.15, 0.2) is 84.9 Å². The molecule has 1 atom stereocenters. The van der Waals surface area contributed by atoms with Gasteiger partial charge in [-0.15, -0.1) is 0 Å². The summed E-state index contributed by atoms with van der Waals surface area (Å²) in [5.41, 5.74) is 2.64. The maximum Gasteiger partial charge on any atom is 0.253 e. The Kier molecular flexibility index (Phi) is 7.20. The van der Waals surface area contributed by atoms with Crippen LogP contribution in [0.25, 0.3) is 0 Å². The van der Waals surface area contributed by atoms with Crippen LogP contribution < -0.4 is 5.32 Å². The van der Waals surface area contributed by atoms with Gasteiger partial charge in [0.1, 0.15) is 6.04 Å². The zero-order chi connectivity index (χ0) is 22.3. The highest BCUT2D eigenvalue weighted by Gasteiger charge is 2.31. The third-order valence-corrected chi connectivity index (χ3v) is 5.98. The molecule has 2 amide bonds. The minimum Gasteiger partial charge on any atom is -0.350 e. The number of carbonyl (C=O) groups excluding carboxylic acids is 2. The molecular formula is C26H26ClN3O2. The molecule has 1 aliphatic heterocycles. The lowest BCUT2D eigenvalue weighted by Crippen LogP contribution is -2.52. The number of benzene rings is 3. The number of amides is 2. The molecule has 0 aliphatic carbocycles. The maximum atomic E-state index is 13.2. The van der Waals surface area contributed by atoms with Crippen molar-refractivity contribution >= 4 is 23.4 Å². The predicted molar refractivity (Wildman–Crippen MR) is 126 cm³/mol. The molecule has 3 aromatic carbocycles. The Labute approximate surface area is 193 Å². The van der Waals surface area contributed by atoms with Gasteiger partial charge in [-0.3, -0.25) is 14.5 Å². The second-order valence-corrected chi connectivity index (χ2v) is 8.29. The van der Waals surface area contributed by atoms with Crippen molar-refractivity contribution in [2.45, 2.75) is 12.6 Å². The van der Waals surface area contributed by atoms with Crippen LogP contribution in [0.5, 0.6) is 0 Å². The third kappa shape index (κ3) is 5.36. The van der Waals surface area contributed by atoms with E-state index in [1.807, 2.05) is 65.6 Å². The summed E-state index contributed by atoms with van der Waals surface area (Å²) < 4.78 is 0. The minimum atomic E-state index is -0.396. The van der Waals surface area contributed by atoms with Crippen molar-refractivity contribution in [3.05, 3.63) is 107 Å². The van der Waals surface area contributed by atoms with E-state index < -0.39 is 6.04 Å². The second-order valence-electron chi connectivity index (χ2n) is 7.85. The summed E-state index contributed by atoms with van der Waals surface area (Å²) in [6, 6.07) is 26.3. The number of carbonyl (C=O) groups is 2. The van der Waals surface area contributed by atoms with Crippen LogP contribution in [0.2, 0.25) is 5.02 Å². The zero-order valence-corrected chi connectivity index (χ0v) is 18.5. The van der Waals surface area contributed by atoms with Crippen molar-refractivity contribution in [1.29, 1.82) is 0 Å². The Balaban J connectivity index is 1.43. The first-order valence-corrected chi connectivity index (χ1v) is 11.1. The molecule has 32 heavy (non-hydrogen) atoms. The summed E-state index contributed by atoms with van der Waals surface area (Å²) in [6.45, 7) is 2.86. The van der Waals surface area contributed by atoms with Crippen molar-refractivity contribution in [3.8, 4) is 0 Å². The van der Waals surface area contributed by atoms with Crippen molar-refractivity contribution < 1.29 is 9.59 Å². The molecule has 1 N–H and O–H groups in total. The van der Waals surface area contributed by atoms with Gasteiger partial charge in [-0.05, 0) is 35.4 Å². The van der Waals surface area contributed by atoms with Gasteiger partial charge in [0.05, 0.1) is 0 Å². The number of halogens is 1. The van der Waals surface area contributed by atoms with Crippen molar-refractivity contribution in [3.63, 3.8) is 0 Å². The Bertz CT molecular complexity index is 1030. The van der Waals surface area contributed by atoms with E-state index in [9.17, 15) is 9.59 Å². The first-order chi connectivity index (χ1) is 15.6. The lowest BCUT2D eigenvalue weighted by atomic mass is 10.0. The predicted octanol–water partition coefficient (Wildman–Crippen LogP) is 4.16. The average molecular weight is 448 g/mol. The Morgan fingerprint density at radius 1 is 0.812 bits per heavy atom. The standard InChI is InChI=1S/C26H26ClN3O2/c27-23-13-11-22(12-14-23)26(32)30-17-15-29(16-18-30)24(21-9-5-2-6-10-21)25(31)28-19-20-7-3-1-4-8-20/h1-14,24H,15-19H2,(H,28,31). The molecule has 1 fully saturated rings. The van der Waals surface area contributed by atoms with Gasteiger partial charge >= 0.3 is 0 Å². The van der Waals surface area contributed by atoms with Gasteiger partial charge < -0.3 is 10.2 Å². The summed E-state index contributed by atoms with van der Waals surface area (Å²) in [4.78, 5) is 30.1. The van der Waals surface area contributed by atoms with E-state index in [0.717, 1.165) is 11.1 Å². The van der Waals surface area contributed by atoms with E-state index in [1.54, 1.807) is 24.3 Å². The zero-order valence-electron chi connectivity index (χ0n) is 17.8. The number of rotatable bonds is 6. The van der Waals surface area contributed by atoms with Crippen LogP contribution in [0, 0.1) is 0 Å². The lowest BCUT2D eigenvalue weighted by molar-refractivity contribution is -0.127. The third-order valence-electron chi connectivity index (χ3n) is 5.73. The SMILES string of the molecule is O=C(NCc1ccccc1)C(c1ccccc1)N1CCN(C(=O)c2ccc(Cl)cc2)CC1. The molecule has 1 heterocycles. The van der Waals surface area contributed by atoms with Crippen LogP contribution in [-0.4, -0.2) is 47.8 Å². The highest BCUT2D eigenvalue weighted by atomic mass is 35.5. The molecule has 0 radical (unpaired) electrons. The molecule has 0 spiro atoms. The quantitative estimate of drug-likeness (QED) is 0.617. The molecule has 0 bridgehead atoms. The van der Waals surface area contributed by atoms with Gasteiger partial charge in [0, 0.05) is 43.3 Å². The van der Waals surface area contributed by atoms with Gasteiger partial charge in [0.2, 0.25) is 5.91 Å². The van der Waals surface area contributed by atoms with Crippen LogP contribution in [0.3, 0.4) is 0 Å². The summed E-state index contributed by atoms with van der Waals surface area (Å²) in [7, 11) is 0. The fourth-order valence-corrected chi connectivity index (χ4v) is 4.13. The van der Waals surface area contributed by atoms with E-state index in [0.29, 0.717) is 43.3 Å². The Morgan fingerprint density at radius 3 is 2.03 bits per heavy atom. The van der Waals surface area contributed by atoms with Gasteiger partial charge in [0.25, 0.3) is 5.91 Å². The molecule has 6 heteroatoms. The van der Waals surface area contributed by atoms with Crippen LogP contribution in [0.1, 0.15) is 27.5 Å². The minimum absolute atomic E-state index is 0.00823. The molecule has 1 aliphatic rings. The number of piperazine rings is 1. The number of hydrogen-bond donors (Lipinski definition) is 1. The first-order valence-electron chi connectivity index (χ1n) is 10.8. The molecule has 3 aromatic rings. The smallest absolute Gasteiger partial charge is 0.253 e. The molecule has 1 saturated heterocycles. The normalized spacial score (nSPS) is 15.2. The van der Waals surface area contributed by atoms with E-state index in [1.165, 1.54) is 0 Å². The highest BCUT2D eigenvalue weighted by molar-refractivity contribution is 6.30. The van der Waals surface area contributed by atoms with Crippen LogP contribution in [0.4, 0.5) is 0 Å². The largest absolute Gasteiger partial charge is 0.350 e. The lowest BCUT2D eigenvalue weighted by Gasteiger charge is -2.38. The van der Waals surface area contributed by atoms with Gasteiger partial charge in [0.15, 0.2) is 0 Å². The highest BCUT2D eigenvalue weighted by Crippen LogP contribution is 2.23. The molecule has 0 saturated carbocycles. The number of hydrogen-bond acceptors (Lipinski definition) is 3. The Hall–Kier alpha value is -3.15. The summed E-state index contributed by atoms with van der Waals surface area (Å²) in [6.07, 6.45) is 0. The number of nitrogens with one attached hydrogen (secondary N) is 1. The molecule has 0 aromatic heterocycles. The molecule has 1 unspecified atom stereocenters. The molecular weight excluding hydrogens is 422 g/mol. The summed E-state index contributed by atoms with van der Waals surface area (Å²) in [5, 5.41) is 3.70. The monoisotopic (exact) mass is 447 g/mol. The van der Waals surface area contributed by atoms with Crippen molar-refractivity contribution in [1.82, 2.24) is 15.1 Å². The van der Waals surface area contributed by atoms with Gasteiger partial charge in [-0.2, -0.15) is 0 Å². The topological polar surface area (TPSA) is 52.7 Å². The molecule has 164 valence electrons. The van der Waals surface area contributed by atoms with E-state index in [-0.39, 0.29) is 11.8 Å². The maximum absolute atomic E-state index is 13.2. The average Bonchev–Trinajstić information content (AvgIpc) is 2.85. The van der Waals surface area contributed by atoms with Crippen LogP contribution >= 0.6 is 11.6 Å². The van der Waals surface area contributed by atoms with Crippen molar-refractivity contribution in [2.75, 3.05) is 26.2 Å². The fraction of sp³-hybridized carbons (Fsp3) is 0.231. The van der Waals surface area contributed by atoms with Crippen molar-refractivity contribution in [2.24, 2.45) is 0 Å². The number of nitrogens with zero attached hydrogens (tertiary/aromatic N) is 2. The van der Waals surface area contributed by atoms with E-state index in [4.69, 9.17) is 11.6 Å². The molecule has 5 nitrogen and oxygen atoms in total. The Morgan fingerprint density at radius 2 is 1.41 bits per heavy atom. The van der Waals surface area contributed by atoms with Gasteiger partial charge in [-0.1, -0.05) is 72.3 Å². The fourth-order valence-electron chi connectivity index (χ4n) is 4.00. The van der Waals surface area contributed by atoms with E-state index >= 15 is 0 Å². The van der Waals surface area contributed by atoms with Gasteiger partial charge in [-0.25, -0.2) is 0 Å². The summed E-state index contributed by atoms with van der Waals surface area (Å²) >= 11 is 5.94. The van der Waals surface area contributed by atoms with Crippen LogP contribution in [-0.2, 0) is 11.3 Å². The first kappa shape index (κ1) is 22.1.